The van der Waals surface area contributed by atoms with Crippen LogP contribution < -0.4 is 10.6 Å². The van der Waals surface area contributed by atoms with E-state index < -0.39 is 34.7 Å². The predicted octanol–water partition coefficient (Wildman–Crippen LogP) is 4.92. The number of hydrogen-bond donors (Lipinski definition) is 2. The lowest BCUT2D eigenvalue weighted by molar-refractivity contribution is -0.127. The minimum Gasteiger partial charge on any atom is -0.444 e. The molecule has 2 aromatic rings. The van der Waals surface area contributed by atoms with Crippen LogP contribution in [-0.2, 0) is 21.4 Å². The van der Waals surface area contributed by atoms with Crippen LogP contribution in [0.1, 0.15) is 55.6 Å². The van der Waals surface area contributed by atoms with Crippen LogP contribution in [0.4, 0.5) is 14.9 Å². The molecule has 3 amide bonds. The first kappa shape index (κ1) is 26.5. The molecule has 0 atom stereocenters. The van der Waals surface area contributed by atoms with Crippen molar-refractivity contribution < 1.29 is 23.5 Å². The van der Waals surface area contributed by atoms with Gasteiger partial charge in [-0.3, -0.25) is 9.59 Å². The van der Waals surface area contributed by atoms with Crippen molar-refractivity contribution in [2.24, 2.45) is 0 Å². The molecule has 3 rings (SSSR count). The topological polar surface area (TPSA) is 87.7 Å². The van der Waals surface area contributed by atoms with Crippen molar-refractivity contribution in [3.05, 3.63) is 63.9 Å². The zero-order chi connectivity index (χ0) is 26.0. The number of nitrogens with zero attached hydrogens (tertiary/aromatic N) is 1. The molecular weight excluding hydrogens is 473 g/mol. The van der Waals surface area contributed by atoms with E-state index in [2.05, 4.69) is 10.6 Å². The van der Waals surface area contributed by atoms with E-state index >= 15 is 0 Å². The number of aryl methyl sites for hydroxylation is 1. The Kier molecular flexibility index (Phi) is 7.74. The fourth-order valence-electron chi connectivity index (χ4n) is 4.19. The van der Waals surface area contributed by atoms with Gasteiger partial charge >= 0.3 is 6.09 Å². The zero-order valence-corrected chi connectivity index (χ0v) is 21.4. The average molecular weight is 504 g/mol. The maximum Gasteiger partial charge on any atom is 0.410 e. The van der Waals surface area contributed by atoms with Gasteiger partial charge in [0.1, 0.15) is 16.8 Å². The van der Waals surface area contributed by atoms with Crippen LogP contribution in [0, 0.1) is 5.82 Å². The van der Waals surface area contributed by atoms with Crippen LogP contribution in [0.15, 0.2) is 36.4 Å². The van der Waals surface area contributed by atoms with Crippen LogP contribution in [0.5, 0.6) is 0 Å². The van der Waals surface area contributed by atoms with E-state index in [1.54, 1.807) is 20.8 Å². The maximum atomic E-state index is 14.3. The summed E-state index contributed by atoms with van der Waals surface area (Å²) in [4.78, 5) is 40.3. The summed E-state index contributed by atoms with van der Waals surface area (Å²) in [5, 5.41) is 4.97. The second kappa shape index (κ2) is 10.2. The van der Waals surface area contributed by atoms with Crippen molar-refractivity contribution in [3.63, 3.8) is 0 Å². The van der Waals surface area contributed by atoms with Crippen LogP contribution in [0.25, 0.3) is 0 Å². The SMILES string of the molecule is CCCc1ccccc1C1(C(=O)Nc2cc(F)c(Cl)cc2C(=O)NC)CN(C(=O)OC(C)(C)C)C1. The summed E-state index contributed by atoms with van der Waals surface area (Å²) in [5.41, 5.74) is 0.0319. The lowest BCUT2D eigenvalue weighted by atomic mass is 9.70. The van der Waals surface area contributed by atoms with Gasteiger partial charge in [0.05, 0.1) is 16.3 Å². The Morgan fingerprint density at radius 2 is 1.83 bits per heavy atom. The van der Waals surface area contributed by atoms with Crippen molar-refractivity contribution in [1.82, 2.24) is 10.2 Å². The van der Waals surface area contributed by atoms with Crippen molar-refractivity contribution in [1.29, 1.82) is 0 Å². The highest BCUT2D eigenvalue weighted by Crippen LogP contribution is 2.39. The molecule has 35 heavy (non-hydrogen) atoms. The largest absolute Gasteiger partial charge is 0.444 e. The highest BCUT2D eigenvalue weighted by Gasteiger charge is 2.54. The molecule has 2 aromatic carbocycles. The van der Waals surface area contributed by atoms with Crippen molar-refractivity contribution in [3.8, 4) is 0 Å². The van der Waals surface area contributed by atoms with Crippen LogP contribution in [0.2, 0.25) is 5.02 Å². The number of rotatable bonds is 6. The Bertz CT molecular complexity index is 1140. The van der Waals surface area contributed by atoms with Crippen LogP contribution >= 0.6 is 11.6 Å². The lowest BCUT2D eigenvalue weighted by Gasteiger charge is -2.49. The molecule has 0 bridgehead atoms. The van der Waals surface area contributed by atoms with Crippen LogP contribution in [-0.4, -0.2) is 48.5 Å². The van der Waals surface area contributed by atoms with Gasteiger partial charge in [-0.2, -0.15) is 0 Å². The van der Waals surface area contributed by atoms with Gasteiger partial charge in [0.15, 0.2) is 0 Å². The second-order valence-electron chi connectivity index (χ2n) is 9.67. The van der Waals surface area contributed by atoms with E-state index in [1.807, 2.05) is 31.2 Å². The van der Waals surface area contributed by atoms with Gasteiger partial charge in [-0.05, 0) is 50.5 Å². The Morgan fingerprint density at radius 3 is 2.43 bits per heavy atom. The van der Waals surface area contributed by atoms with Gasteiger partial charge in [0, 0.05) is 20.1 Å². The molecular formula is C26H31ClFN3O4. The van der Waals surface area contributed by atoms with Gasteiger partial charge in [0.2, 0.25) is 5.91 Å². The first-order valence-corrected chi connectivity index (χ1v) is 11.9. The van der Waals surface area contributed by atoms with Crippen molar-refractivity contribution in [2.75, 3.05) is 25.5 Å². The number of hydrogen-bond acceptors (Lipinski definition) is 4. The molecule has 2 N–H and O–H groups in total. The third-order valence-corrected chi connectivity index (χ3v) is 6.13. The molecule has 188 valence electrons. The van der Waals surface area contributed by atoms with E-state index in [0.29, 0.717) is 0 Å². The molecule has 7 nitrogen and oxygen atoms in total. The monoisotopic (exact) mass is 503 g/mol. The number of halogens is 2. The number of ether oxygens (including phenoxy) is 1. The first-order valence-electron chi connectivity index (χ1n) is 11.5. The molecule has 1 aliphatic heterocycles. The number of benzene rings is 2. The molecule has 0 saturated carbocycles. The third-order valence-electron chi connectivity index (χ3n) is 5.84. The smallest absolute Gasteiger partial charge is 0.410 e. The molecule has 1 fully saturated rings. The molecule has 9 heteroatoms. The maximum absolute atomic E-state index is 14.3. The lowest BCUT2D eigenvalue weighted by Crippen LogP contribution is -2.67. The van der Waals surface area contributed by atoms with E-state index in [0.717, 1.165) is 30.0 Å². The van der Waals surface area contributed by atoms with Crippen molar-refractivity contribution in [2.45, 2.75) is 51.6 Å². The number of nitrogens with one attached hydrogen (secondary N) is 2. The molecule has 0 spiro atoms. The molecule has 1 heterocycles. The van der Waals surface area contributed by atoms with Gasteiger partial charge < -0.3 is 20.3 Å². The summed E-state index contributed by atoms with van der Waals surface area (Å²) >= 11 is 5.88. The Labute approximate surface area is 210 Å². The molecule has 0 unspecified atom stereocenters. The van der Waals surface area contributed by atoms with Crippen molar-refractivity contribution >= 4 is 35.2 Å². The highest BCUT2D eigenvalue weighted by molar-refractivity contribution is 6.31. The normalized spacial score (nSPS) is 14.7. The quantitative estimate of drug-likeness (QED) is 0.585. The number of amides is 3. The molecule has 0 radical (unpaired) electrons. The molecule has 0 aromatic heterocycles. The van der Waals surface area contributed by atoms with Gasteiger partial charge in [-0.15, -0.1) is 0 Å². The van der Waals surface area contributed by atoms with Gasteiger partial charge in [-0.25, -0.2) is 9.18 Å². The van der Waals surface area contributed by atoms with Crippen LogP contribution in [0.3, 0.4) is 0 Å². The van der Waals surface area contributed by atoms with E-state index in [4.69, 9.17) is 16.3 Å². The predicted molar refractivity (Wildman–Crippen MR) is 133 cm³/mol. The van der Waals surface area contributed by atoms with E-state index in [1.165, 1.54) is 18.0 Å². The Morgan fingerprint density at radius 1 is 1.17 bits per heavy atom. The number of carbonyl (C=O) groups is 3. The number of carbonyl (C=O) groups excluding carboxylic acids is 3. The molecule has 0 aliphatic carbocycles. The van der Waals surface area contributed by atoms with Gasteiger partial charge in [-0.1, -0.05) is 49.2 Å². The standard InChI is InChI=1S/C26H31ClFN3O4/c1-6-9-16-10-7-8-11-18(16)26(14-31(15-26)24(34)35-25(2,3)4)23(33)30-21-13-20(28)19(27)12-17(21)22(32)29-5/h7-8,10-13H,6,9,14-15H2,1-5H3,(H,29,32)(H,30,33). The molecule has 1 aliphatic rings. The Hall–Kier alpha value is -3.13. The molecule has 1 saturated heterocycles. The highest BCUT2D eigenvalue weighted by atomic mass is 35.5. The summed E-state index contributed by atoms with van der Waals surface area (Å²) in [6.45, 7) is 7.53. The summed E-state index contributed by atoms with van der Waals surface area (Å²) in [6.07, 6.45) is 1.10. The van der Waals surface area contributed by atoms with E-state index in [-0.39, 0.29) is 29.4 Å². The minimum absolute atomic E-state index is 0.000634. The van der Waals surface area contributed by atoms with E-state index in [9.17, 15) is 18.8 Å². The Balaban J connectivity index is 2.01. The second-order valence-corrected chi connectivity index (χ2v) is 10.1. The number of anilines is 1. The summed E-state index contributed by atoms with van der Waals surface area (Å²) in [5.74, 6) is -1.74. The third kappa shape index (κ3) is 5.59. The number of likely N-dealkylation sites (tertiary alicyclic amines) is 1. The minimum atomic E-state index is -1.10. The zero-order valence-electron chi connectivity index (χ0n) is 20.6. The average Bonchev–Trinajstić information content (AvgIpc) is 2.75. The summed E-state index contributed by atoms with van der Waals surface area (Å²) < 4.78 is 19.8. The first-order chi connectivity index (χ1) is 16.4. The van der Waals surface area contributed by atoms with Gasteiger partial charge in [0.25, 0.3) is 5.91 Å². The summed E-state index contributed by atoms with van der Waals surface area (Å²) in [7, 11) is 1.43. The summed E-state index contributed by atoms with van der Waals surface area (Å²) in [6, 6.07) is 9.79. The fourth-order valence-corrected chi connectivity index (χ4v) is 4.35. The fraction of sp³-hybridized carbons (Fsp3) is 0.423.